The monoisotopic (exact) mass is 372 g/mol. The fourth-order valence-corrected chi connectivity index (χ4v) is 5.45. The summed E-state index contributed by atoms with van der Waals surface area (Å²) in [5.74, 6) is 0.690. The summed E-state index contributed by atoms with van der Waals surface area (Å²) < 4.78 is 6.56. The molecule has 0 bridgehead atoms. The van der Waals surface area contributed by atoms with Crippen LogP contribution in [0.15, 0.2) is 78.9 Å². The molecule has 0 radical (unpaired) electrons. The van der Waals surface area contributed by atoms with Gasteiger partial charge in [-0.05, 0) is 33.5 Å². The van der Waals surface area contributed by atoms with Crippen LogP contribution in [0.3, 0.4) is 0 Å². The summed E-state index contributed by atoms with van der Waals surface area (Å²) in [5, 5.41) is 11.2. The molecule has 0 aliphatic heterocycles. The highest BCUT2D eigenvalue weighted by Gasteiger charge is 2.22. The number of rotatable bonds is 4. The first-order valence-corrected chi connectivity index (χ1v) is 10.9. The van der Waals surface area contributed by atoms with Crippen LogP contribution in [0.5, 0.6) is 5.88 Å². The zero-order valence-corrected chi connectivity index (χ0v) is 17.1. The third kappa shape index (κ3) is 3.66. The highest BCUT2D eigenvalue weighted by molar-refractivity contribution is 6.80. The second kappa shape index (κ2) is 7.04. The Kier molecular flexibility index (Phi) is 4.58. The molecule has 136 valence electrons. The van der Waals surface area contributed by atoms with Crippen LogP contribution in [-0.2, 0) is 5.41 Å². The predicted octanol–water partition coefficient (Wildman–Crippen LogP) is 3.78. The quantitative estimate of drug-likeness (QED) is 0.554. The van der Waals surface area contributed by atoms with Crippen molar-refractivity contribution < 1.29 is 4.43 Å². The van der Waals surface area contributed by atoms with Gasteiger partial charge < -0.3 is 4.43 Å². The molecule has 4 heteroatoms. The highest BCUT2D eigenvalue weighted by atomic mass is 28.3. The molecule has 0 spiro atoms. The second-order valence-electron chi connectivity index (χ2n) is 7.86. The molecule has 0 saturated heterocycles. The third-order valence-electron chi connectivity index (χ3n) is 4.83. The summed E-state index contributed by atoms with van der Waals surface area (Å²) in [6.45, 7) is 6.65. The van der Waals surface area contributed by atoms with Gasteiger partial charge in [0.05, 0.1) is 10.9 Å². The number of hydrogen-bond donors (Lipinski definition) is 1. The lowest BCUT2D eigenvalue weighted by atomic mass is 9.87. The summed E-state index contributed by atoms with van der Waals surface area (Å²) in [5.41, 5.74) is 2.41. The largest absolute Gasteiger partial charge is 0.523 e. The van der Waals surface area contributed by atoms with E-state index in [1.165, 1.54) is 15.9 Å². The highest BCUT2D eigenvalue weighted by Crippen LogP contribution is 2.29. The number of fused-ring (bicyclic) bond motifs is 1. The Morgan fingerprint density at radius 1 is 0.815 bits per heavy atom. The average Bonchev–Trinajstić information content (AvgIpc) is 3.09. The molecule has 0 fully saturated rings. The Morgan fingerprint density at radius 3 is 1.96 bits per heavy atom. The van der Waals surface area contributed by atoms with Gasteiger partial charge in [0.25, 0.3) is 0 Å². The first-order valence-electron chi connectivity index (χ1n) is 9.27. The molecule has 0 saturated carbocycles. The van der Waals surface area contributed by atoms with E-state index in [0.717, 1.165) is 10.9 Å². The van der Waals surface area contributed by atoms with Crippen molar-refractivity contribution in [1.29, 1.82) is 0 Å². The molecule has 4 rings (SSSR count). The lowest BCUT2D eigenvalue weighted by Gasteiger charge is -2.19. The van der Waals surface area contributed by atoms with Crippen LogP contribution in [-0.4, -0.2) is 19.2 Å². The normalized spacial score (nSPS) is 11.9. The number of nitrogens with zero attached hydrogens (tertiary/aromatic N) is 1. The summed E-state index contributed by atoms with van der Waals surface area (Å²) in [6, 6.07) is 27.4. The standard InChI is InChI=1S/C23H24N2OSi/c1-23(2,3)17-14-15-20-21(16-17)24-25-22(20)26-27(18-10-6-4-7-11-18)19-12-8-5-9-13-19/h4-16,27H,1-3H3,(H,24,25). The lowest BCUT2D eigenvalue weighted by Crippen LogP contribution is -2.47. The number of nitrogens with one attached hydrogen (secondary N) is 1. The number of hydrogen-bond acceptors (Lipinski definition) is 2. The molecule has 1 N–H and O–H groups in total. The molecule has 0 aliphatic carbocycles. The first-order chi connectivity index (χ1) is 13.0. The van der Waals surface area contributed by atoms with E-state index in [0.29, 0.717) is 5.88 Å². The van der Waals surface area contributed by atoms with Crippen molar-refractivity contribution in [3.63, 3.8) is 0 Å². The van der Waals surface area contributed by atoms with Crippen LogP contribution in [0.25, 0.3) is 10.9 Å². The zero-order valence-electron chi connectivity index (χ0n) is 15.9. The Bertz CT molecular complexity index is 997. The summed E-state index contributed by atoms with van der Waals surface area (Å²) in [7, 11) is -1.88. The predicted molar refractivity (Wildman–Crippen MR) is 115 cm³/mol. The minimum absolute atomic E-state index is 0.103. The van der Waals surface area contributed by atoms with E-state index in [4.69, 9.17) is 4.43 Å². The molecule has 27 heavy (non-hydrogen) atoms. The topological polar surface area (TPSA) is 37.9 Å². The van der Waals surface area contributed by atoms with E-state index in [9.17, 15) is 0 Å². The van der Waals surface area contributed by atoms with Gasteiger partial charge in [-0.3, -0.25) is 5.10 Å². The van der Waals surface area contributed by atoms with E-state index >= 15 is 0 Å². The molecule has 0 aliphatic rings. The van der Waals surface area contributed by atoms with Crippen LogP contribution in [0.1, 0.15) is 26.3 Å². The van der Waals surface area contributed by atoms with Crippen molar-refractivity contribution in [2.45, 2.75) is 26.2 Å². The number of H-pyrrole nitrogens is 1. The summed E-state index contributed by atoms with van der Waals surface area (Å²) in [4.78, 5) is 0. The average molecular weight is 373 g/mol. The van der Waals surface area contributed by atoms with Crippen molar-refractivity contribution in [3.8, 4) is 5.88 Å². The SMILES string of the molecule is CC(C)(C)c1ccc2c(O[SiH](c3ccccc3)c3ccccc3)n[nH]c2c1. The van der Waals surface area contributed by atoms with Gasteiger partial charge in [-0.2, -0.15) is 0 Å². The smallest absolute Gasteiger partial charge is 0.301 e. The fraction of sp³-hybridized carbons (Fsp3) is 0.174. The first kappa shape index (κ1) is 17.6. The Morgan fingerprint density at radius 2 is 1.41 bits per heavy atom. The minimum atomic E-state index is -1.88. The van der Waals surface area contributed by atoms with Gasteiger partial charge in [0, 0.05) is 0 Å². The molecule has 4 aromatic rings. The molecule has 0 atom stereocenters. The van der Waals surface area contributed by atoms with Gasteiger partial charge in [-0.25, -0.2) is 0 Å². The van der Waals surface area contributed by atoms with Gasteiger partial charge in [0.15, 0.2) is 0 Å². The molecule has 1 heterocycles. The van der Waals surface area contributed by atoms with Gasteiger partial charge in [-0.1, -0.05) is 87.5 Å². The summed E-state index contributed by atoms with van der Waals surface area (Å²) >= 11 is 0. The number of aromatic nitrogens is 2. The van der Waals surface area contributed by atoms with Crippen LogP contribution in [0.2, 0.25) is 0 Å². The molecule has 3 aromatic carbocycles. The van der Waals surface area contributed by atoms with Crippen LogP contribution >= 0.6 is 0 Å². The van der Waals surface area contributed by atoms with Crippen LogP contribution < -0.4 is 14.8 Å². The molecule has 0 unspecified atom stereocenters. The van der Waals surface area contributed by atoms with Crippen molar-refractivity contribution in [1.82, 2.24) is 10.2 Å². The van der Waals surface area contributed by atoms with Gasteiger partial charge in [0.2, 0.25) is 5.88 Å². The van der Waals surface area contributed by atoms with Crippen molar-refractivity contribution >= 4 is 30.3 Å². The molecule has 0 amide bonds. The van der Waals surface area contributed by atoms with Crippen molar-refractivity contribution in [2.24, 2.45) is 0 Å². The summed E-state index contributed by atoms with van der Waals surface area (Å²) in [6.07, 6.45) is 0. The molecular formula is C23H24N2OSi. The van der Waals surface area contributed by atoms with E-state index in [-0.39, 0.29) is 5.41 Å². The second-order valence-corrected chi connectivity index (χ2v) is 10.2. The Balaban J connectivity index is 1.74. The Labute approximate surface area is 161 Å². The zero-order chi connectivity index (χ0) is 18.9. The van der Waals surface area contributed by atoms with E-state index in [2.05, 4.69) is 97.7 Å². The molecule has 1 aromatic heterocycles. The van der Waals surface area contributed by atoms with Crippen molar-refractivity contribution in [3.05, 3.63) is 84.4 Å². The number of aromatic amines is 1. The minimum Gasteiger partial charge on any atom is -0.523 e. The van der Waals surface area contributed by atoms with Gasteiger partial charge >= 0.3 is 9.04 Å². The maximum atomic E-state index is 6.56. The fourth-order valence-electron chi connectivity index (χ4n) is 3.25. The van der Waals surface area contributed by atoms with Crippen molar-refractivity contribution in [2.75, 3.05) is 0 Å². The number of benzene rings is 3. The van der Waals surface area contributed by atoms with E-state index < -0.39 is 9.04 Å². The maximum Gasteiger partial charge on any atom is 0.301 e. The third-order valence-corrected chi connectivity index (χ3v) is 7.27. The molecule has 3 nitrogen and oxygen atoms in total. The Hall–Kier alpha value is -2.85. The van der Waals surface area contributed by atoms with Crippen LogP contribution in [0, 0.1) is 0 Å². The lowest BCUT2D eigenvalue weighted by molar-refractivity contribution is 0.568. The van der Waals surface area contributed by atoms with E-state index in [1.807, 2.05) is 12.1 Å². The maximum absolute atomic E-state index is 6.56. The van der Waals surface area contributed by atoms with Gasteiger partial charge in [0.1, 0.15) is 0 Å². The van der Waals surface area contributed by atoms with Crippen LogP contribution in [0.4, 0.5) is 0 Å². The van der Waals surface area contributed by atoms with Gasteiger partial charge in [-0.15, -0.1) is 5.10 Å². The molecular weight excluding hydrogens is 348 g/mol. The van der Waals surface area contributed by atoms with E-state index in [1.54, 1.807) is 0 Å².